The number of nitrogens with one attached hydrogen (secondary N) is 2. The van der Waals surface area contributed by atoms with Crippen LogP contribution in [0, 0.1) is 10.8 Å². The van der Waals surface area contributed by atoms with Crippen LogP contribution in [-0.4, -0.2) is 16.4 Å². The van der Waals surface area contributed by atoms with E-state index < -0.39 is 0 Å². The molecule has 0 radical (unpaired) electrons. The second-order valence-corrected chi connectivity index (χ2v) is 13.7. The number of benzene rings is 8. The molecular formula is C47H31N3S. The summed E-state index contributed by atoms with van der Waals surface area (Å²) in [5, 5.41) is 25.5. The number of allylic oxidation sites excluding steroid dienone is 2. The summed E-state index contributed by atoms with van der Waals surface area (Å²) in [6.45, 7) is 0. The molecule has 4 heteroatoms. The van der Waals surface area contributed by atoms with Crippen molar-refractivity contribution in [1.29, 1.82) is 10.8 Å². The van der Waals surface area contributed by atoms with E-state index in [1.165, 1.54) is 10.8 Å². The van der Waals surface area contributed by atoms with Crippen LogP contribution in [0.2, 0.25) is 0 Å². The molecule has 0 aliphatic rings. The Morgan fingerprint density at radius 3 is 1.88 bits per heavy atom. The van der Waals surface area contributed by atoms with Crippen LogP contribution in [0.25, 0.3) is 75.4 Å². The van der Waals surface area contributed by atoms with Gasteiger partial charge in [0.15, 0.2) is 0 Å². The summed E-state index contributed by atoms with van der Waals surface area (Å²) in [6, 6.07) is 56.8. The third-order valence-corrected chi connectivity index (χ3v) is 10.6. The molecule has 0 atom stereocenters. The first kappa shape index (κ1) is 30.6. The maximum Gasteiger partial charge on any atom is 0.125 e. The Labute approximate surface area is 299 Å². The fraction of sp³-hybridized carbons (Fsp3) is 0. The number of rotatable bonds is 7. The normalized spacial score (nSPS) is 11.6. The van der Waals surface area contributed by atoms with Crippen molar-refractivity contribution in [2.75, 3.05) is 0 Å². The van der Waals surface area contributed by atoms with Crippen LogP contribution in [0.3, 0.4) is 0 Å². The lowest BCUT2D eigenvalue weighted by molar-refractivity contribution is 1.48. The predicted octanol–water partition coefficient (Wildman–Crippen LogP) is 12.7. The fourth-order valence-corrected chi connectivity index (χ4v) is 8.19. The van der Waals surface area contributed by atoms with Crippen LogP contribution in [-0.2, 0) is 0 Å². The quantitative estimate of drug-likeness (QED) is 0.163. The van der Waals surface area contributed by atoms with Gasteiger partial charge in [0.05, 0.1) is 21.6 Å². The third kappa shape index (κ3) is 5.52. The zero-order valence-electron chi connectivity index (χ0n) is 27.6. The fourth-order valence-electron chi connectivity index (χ4n) is 7.13. The van der Waals surface area contributed by atoms with E-state index in [0.29, 0.717) is 11.4 Å². The number of fused-ring (bicyclic) bond motifs is 5. The molecule has 2 N–H and O–H groups in total. The second-order valence-electron chi connectivity index (χ2n) is 12.7. The maximum atomic E-state index is 8.96. The van der Waals surface area contributed by atoms with Gasteiger partial charge in [0.2, 0.25) is 0 Å². The van der Waals surface area contributed by atoms with Crippen LogP contribution < -0.4 is 0 Å². The van der Waals surface area contributed by atoms with Crippen molar-refractivity contribution in [3.63, 3.8) is 0 Å². The van der Waals surface area contributed by atoms with E-state index in [4.69, 9.17) is 15.8 Å². The Hall–Kier alpha value is -6.49. The van der Waals surface area contributed by atoms with Gasteiger partial charge in [-0.1, -0.05) is 152 Å². The van der Waals surface area contributed by atoms with E-state index in [9.17, 15) is 0 Å². The molecule has 8 aromatic carbocycles. The number of hydrogen-bond acceptors (Lipinski definition) is 4. The summed E-state index contributed by atoms with van der Waals surface area (Å²) in [5.74, 6) is 0. The monoisotopic (exact) mass is 669 g/mol. The molecule has 0 fully saturated rings. The van der Waals surface area contributed by atoms with Crippen molar-refractivity contribution in [3.05, 3.63) is 187 Å². The third-order valence-electron chi connectivity index (χ3n) is 9.60. The highest BCUT2D eigenvalue weighted by molar-refractivity contribution is 7.22. The molecular weight excluding hydrogens is 639 g/mol. The number of nitrogens with zero attached hydrogens (tertiary/aromatic N) is 1. The van der Waals surface area contributed by atoms with Crippen molar-refractivity contribution >= 4 is 65.3 Å². The molecule has 240 valence electrons. The van der Waals surface area contributed by atoms with Gasteiger partial charge < -0.3 is 10.8 Å². The van der Waals surface area contributed by atoms with Gasteiger partial charge in [-0.2, -0.15) is 0 Å². The highest BCUT2D eigenvalue weighted by Crippen LogP contribution is 2.45. The van der Waals surface area contributed by atoms with E-state index in [1.54, 1.807) is 23.5 Å². The van der Waals surface area contributed by atoms with Crippen molar-refractivity contribution in [3.8, 4) is 32.8 Å². The largest absolute Gasteiger partial charge is 0.300 e. The average molecular weight is 670 g/mol. The minimum absolute atomic E-state index is 0.358. The summed E-state index contributed by atoms with van der Waals surface area (Å²) in [6.07, 6.45) is 3.42. The lowest BCUT2D eigenvalue weighted by Crippen LogP contribution is -1.99. The molecule has 0 saturated heterocycles. The van der Waals surface area contributed by atoms with Gasteiger partial charge in [-0.05, 0) is 84.6 Å². The molecule has 9 rings (SSSR count). The lowest BCUT2D eigenvalue weighted by atomic mass is 9.87. The average Bonchev–Trinajstić information content (AvgIpc) is 3.63. The van der Waals surface area contributed by atoms with E-state index in [-0.39, 0.29) is 0 Å². The van der Waals surface area contributed by atoms with Gasteiger partial charge in [0.25, 0.3) is 0 Å². The Morgan fingerprint density at radius 1 is 0.471 bits per heavy atom. The number of thiazole rings is 1. The number of aromatic nitrogens is 1. The molecule has 51 heavy (non-hydrogen) atoms. The lowest BCUT2D eigenvalue weighted by Gasteiger charge is -2.17. The Morgan fingerprint density at radius 2 is 1.08 bits per heavy atom. The van der Waals surface area contributed by atoms with E-state index in [2.05, 4.69) is 121 Å². The van der Waals surface area contributed by atoms with Gasteiger partial charge in [0, 0.05) is 10.9 Å². The molecule has 0 unspecified atom stereocenters. The van der Waals surface area contributed by atoms with Gasteiger partial charge in [-0.25, -0.2) is 4.98 Å². The highest BCUT2D eigenvalue weighted by Gasteiger charge is 2.19. The van der Waals surface area contributed by atoms with Crippen molar-refractivity contribution < 1.29 is 0 Å². The van der Waals surface area contributed by atoms with Crippen molar-refractivity contribution in [2.45, 2.75) is 0 Å². The maximum absolute atomic E-state index is 8.96. The molecule has 0 bridgehead atoms. The van der Waals surface area contributed by atoms with Crippen LogP contribution >= 0.6 is 11.3 Å². The zero-order chi connectivity index (χ0) is 34.3. The van der Waals surface area contributed by atoms with Gasteiger partial charge in [-0.15, -0.1) is 11.3 Å². The smallest absolute Gasteiger partial charge is 0.125 e. The highest BCUT2D eigenvalue weighted by atomic mass is 32.1. The Bertz CT molecular complexity index is 2840. The topological polar surface area (TPSA) is 60.6 Å². The summed E-state index contributed by atoms with van der Waals surface area (Å²) >= 11 is 1.74. The molecule has 1 heterocycles. The SMILES string of the molecule is N=C(/C=C\C(=N)c1cccc(-c2c(-c3cc4sc(-c5cccc6ccccc56)nc4c4ccccc34)ccc3ccccc23)c1)c1ccccc1. The van der Waals surface area contributed by atoms with Crippen molar-refractivity contribution in [1.82, 2.24) is 4.98 Å². The van der Waals surface area contributed by atoms with Gasteiger partial charge in [0.1, 0.15) is 5.01 Å². The molecule has 9 aromatic rings. The van der Waals surface area contributed by atoms with Crippen LogP contribution in [0.15, 0.2) is 176 Å². The minimum Gasteiger partial charge on any atom is -0.300 e. The first-order valence-corrected chi connectivity index (χ1v) is 17.8. The summed E-state index contributed by atoms with van der Waals surface area (Å²) in [5.41, 5.74) is 8.99. The summed E-state index contributed by atoms with van der Waals surface area (Å²) < 4.78 is 1.15. The number of hydrogen-bond donors (Lipinski definition) is 2. The van der Waals surface area contributed by atoms with E-state index in [0.717, 1.165) is 75.7 Å². The second kappa shape index (κ2) is 12.8. The molecule has 0 saturated carbocycles. The predicted molar refractivity (Wildman–Crippen MR) is 218 cm³/mol. The summed E-state index contributed by atoms with van der Waals surface area (Å²) in [4.78, 5) is 5.28. The molecule has 0 aliphatic heterocycles. The van der Waals surface area contributed by atoms with Crippen molar-refractivity contribution in [2.24, 2.45) is 0 Å². The van der Waals surface area contributed by atoms with E-state index >= 15 is 0 Å². The van der Waals surface area contributed by atoms with Crippen LogP contribution in [0.4, 0.5) is 0 Å². The molecule has 0 aliphatic carbocycles. The summed E-state index contributed by atoms with van der Waals surface area (Å²) in [7, 11) is 0. The standard InChI is InChI=1S/C47H31N3S/c48-42(32-14-2-1-3-15-32)26-27-43(49)33-17-10-18-34(28-33)45-36-20-7-5-13-31(36)24-25-38(45)41-29-44-46(39-22-9-8-21-37(39)41)50-47(51-44)40-23-11-16-30-12-4-6-19-35(30)40/h1-29,48-49H/b27-26-,48-42?,49-43?. The Balaban J connectivity index is 1.21. The molecule has 3 nitrogen and oxygen atoms in total. The first-order chi connectivity index (χ1) is 25.1. The Kier molecular flexibility index (Phi) is 7.64. The zero-order valence-corrected chi connectivity index (χ0v) is 28.4. The molecule has 0 amide bonds. The molecule has 1 aromatic heterocycles. The van der Waals surface area contributed by atoms with E-state index in [1.807, 2.05) is 42.5 Å². The first-order valence-electron chi connectivity index (χ1n) is 17.0. The van der Waals surface area contributed by atoms with Gasteiger partial charge >= 0.3 is 0 Å². The van der Waals surface area contributed by atoms with Crippen LogP contribution in [0.1, 0.15) is 11.1 Å². The minimum atomic E-state index is 0.358. The van der Waals surface area contributed by atoms with Crippen LogP contribution in [0.5, 0.6) is 0 Å². The molecule has 0 spiro atoms. The van der Waals surface area contributed by atoms with Gasteiger partial charge in [-0.3, -0.25) is 0 Å².